The van der Waals surface area contributed by atoms with Crippen LogP contribution in [0.4, 0.5) is 0 Å². The number of halogens is 1. The van der Waals surface area contributed by atoms with Crippen molar-refractivity contribution in [2.24, 2.45) is 0 Å². The van der Waals surface area contributed by atoms with Gasteiger partial charge in [-0.15, -0.1) is 11.3 Å². The van der Waals surface area contributed by atoms with Gasteiger partial charge in [-0.1, -0.05) is 12.1 Å². The topological polar surface area (TPSA) is 36.3 Å². The number of hydrogen-bond acceptors (Lipinski definition) is 4. The van der Waals surface area contributed by atoms with E-state index in [4.69, 9.17) is 10.00 Å². The van der Waals surface area contributed by atoms with Crippen molar-refractivity contribution in [2.45, 2.75) is 13.0 Å². The van der Waals surface area contributed by atoms with Gasteiger partial charge in [-0.2, -0.15) is 5.26 Å². The Morgan fingerprint density at radius 1 is 1.38 bits per heavy atom. The number of nitriles is 1. The van der Waals surface area contributed by atoms with Gasteiger partial charge in [-0.25, -0.2) is 0 Å². The van der Waals surface area contributed by atoms with Gasteiger partial charge in [-0.05, 0) is 47.6 Å². The summed E-state index contributed by atoms with van der Waals surface area (Å²) in [5.41, 5.74) is 0.592. The molecular formula is C16H17BrN2OS. The van der Waals surface area contributed by atoms with Crippen LogP contribution < -0.4 is 4.74 Å². The lowest BCUT2D eigenvalue weighted by molar-refractivity contribution is 0.259. The molecule has 2 rings (SSSR count). The maximum absolute atomic E-state index is 8.99. The van der Waals surface area contributed by atoms with E-state index in [1.54, 1.807) is 17.4 Å². The van der Waals surface area contributed by atoms with E-state index < -0.39 is 0 Å². The molecule has 0 fully saturated rings. The average molecular weight is 365 g/mol. The minimum absolute atomic E-state index is 0.592. The maximum Gasteiger partial charge on any atom is 0.137 e. The third-order valence-corrected chi connectivity index (χ3v) is 4.68. The van der Waals surface area contributed by atoms with Crippen LogP contribution in [0.5, 0.6) is 5.75 Å². The van der Waals surface area contributed by atoms with Gasteiger partial charge in [0.05, 0.1) is 12.2 Å². The summed E-state index contributed by atoms with van der Waals surface area (Å²) < 4.78 is 6.82. The molecule has 0 aliphatic carbocycles. The van der Waals surface area contributed by atoms with E-state index >= 15 is 0 Å². The van der Waals surface area contributed by atoms with E-state index in [-0.39, 0.29) is 0 Å². The second-order valence-corrected chi connectivity index (χ2v) is 6.69. The average Bonchev–Trinajstić information content (AvgIpc) is 2.89. The van der Waals surface area contributed by atoms with Crippen LogP contribution in [0.3, 0.4) is 0 Å². The van der Waals surface area contributed by atoms with Crippen LogP contribution in [0.1, 0.15) is 16.9 Å². The molecule has 0 aliphatic rings. The minimum Gasteiger partial charge on any atom is -0.492 e. The summed E-state index contributed by atoms with van der Waals surface area (Å²) in [5.74, 6) is 0.671. The molecule has 5 heteroatoms. The number of para-hydroxylation sites is 1. The summed E-state index contributed by atoms with van der Waals surface area (Å²) in [4.78, 5) is 3.62. The molecule has 1 aromatic carbocycles. The molecule has 3 nitrogen and oxygen atoms in total. The number of rotatable bonds is 7. The van der Waals surface area contributed by atoms with Crippen LogP contribution in [0.15, 0.2) is 40.2 Å². The quantitative estimate of drug-likeness (QED) is 0.687. The first-order valence-corrected chi connectivity index (χ1v) is 8.39. The Bertz CT molecular complexity index is 621. The standard InChI is InChI=1S/C16H17BrN2OS/c1-19(11-15-9-14(17)12-21-15)7-4-8-20-16-6-3-2-5-13(16)10-18/h2-3,5-6,9,12H,4,7-8,11H2,1H3. The Morgan fingerprint density at radius 3 is 2.90 bits per heavy atom. The zero-order valence-corrected chi connectivity index (χ0v) is 14.3. The molecule has 110 valence electrons. The smallest absolute Gasteiger partial charge is 0.137 e. The number of ether oxygens (including phenoxy) is 1. The number of hydrogen-bond donors (Lipinski definition) is 0. The van der Waals surface area contributed by atoms with Crippen LogP contribution in [0, 0.1) is 11.3 Å². The first-order chi connectivity index (χ1) is 10.2. The summed E-state index contributed by atoms with van der Waals surface area (Å²) in [6.45, 7) is 2.53. The van der Waals surface area contributed by atoms with Crippen molar-refractivity contribution < 1.29 is 4.74 Å². The Hall–Kier alpha value is -1.35. The SMILES string of the molecule is CN(CCCOc1ccccc1C#N)Cc1cc(Br)cs1. The third-order valence-electron chi connectivity index (χ3n) is 3.00. The van der Waals surface area contributed by atoms with E-state index in [0.29, 0.717) is 17.9 Å². The molecule has 0 unspecified atom stereocenters. The molecule has 1 heterocycles. The molecule has 0 spiro atoms. The van der Waals surface area contributed by atoms with Gasteiger partial charge in [0.25, 0.3) is 0 Å². The molecule has 0 saturated carbocycles. The lowest BCUT2D eigenvalue weighted by Gasteiger charge is -2.15. The summed E-state index contributed by atoms with van der Waals surface area (Å²) in [6.07, 6.45) is 0.933. The molecule has 2 aromatic rings. The van der Waals surface area contributed by atoms with Gasteiger partial charge in [0, 0.05) is 27.8 Å². The fourth-order valence-corrected chi connectivity index (χ4v) is 3.51. The van der Waals surface area contributed by atoms with Crippen molar-refractivity contribution in [3.8, 4) is 11.8 Å². The maximum atomic E-state index is 8.99. The van der Waals surface area contributed by atoms with Crippen LogP contribution in [0.25, 0.3) is 0 Å². The van der Waals surface area contributed by atoms with Gasteiger partial charge in [-0.3, -0.25) is 0 Å². The van der Waals surface area contributed by atoms with Crippen LogP contribution >= 0.6 is 27.3 Å². The second kappa shape index (κ2) is 8.18. The molecule has 0 N–H and O–H groups in total. The first kappa shape index (κ1) is 16.0. The molecule has 0 atom stereocenters. The van der Waals surface area contributed by atoms with Crippen molar-refractivity contribution in [1.29, 1.82) is 5.26 Å². The van der Waals surface area contributed by atoms with Crippen LogP contribution in [-0.4, -0.2) is 25.1 Å². The van der Waals surface area contributed by atoms with Gasteiger partial charge in [0.2, 0.25) is 0 Å². The highest BCUT2D eigenvalue weighted by Gasteiger charge is 2.04. The van der Waals surface area contributed by atoms with Gasteiger partial charge >= 0.3 is 0 Å². The lowest BCUT2D eigenvalue weighted by Crippen LogP contribution is -2.20. The molecule has 0 bridgehead atoms. The summed E-state index contributed by atoms with van der Waals surface area (Å²) in [5, 5.41) is 11.1. The highest BCUT2D eigenvalue weighted by Crippen LogP contribution is 2.21. The number of nitrogens with zero attached hydrogens (tertiary/aromatic N) is 2. The van der Waals surface area contributed by atoms with E-state index in [1.807, 2.05) is 18.2 Å². The number of benzene rings is 1. The predicted molar refractivity (Wildman–Crippen MR) is 89.6 cm³/mol. The van der Waals surface area contributed by atoms with Crippen molar-refractivity contribution in [3.05, 3.63) is 50.6 Å². The third kappa shape index (κ3) is 5.16. The van der Waals surface area contributed by atoms with Gasteiger partial charge in [0.15, 0.2) is 0 Å². The minimum atomic E-state index is 0.592. The van der Waals surface area contributed by atoms with E-state index in [2.05, 4.69) is 45.4 Å². The molecule has 0 aliphatic heterocycles. The first-order valence-electron chi connectivity index (χ1n) is 6.72. The van der Waals surface area contributed by atoms with E-state index in [1.165, 1.54) is 4.88 Å². The van der Waals surface area contributed by atoms with Crippen molar-refractivity contribution in [1.82, 2.24) is 4.90 Å². The summed E-state index contributed by atoms with van der Waals surface area (Å²) in [6, 6.07) is 11.6. The molecule has 21 heavy (non-hydrogen) atoms. The lowest BCUT2D eigenvalue weighted by atomic mass is 10.2. The Kier molecular flexibility index (Phi) is 6.24. The Morgan fingerprint density at radius 2 is 2.19 bits per heavy atom. The monoisotopic (exact) mass is 364 g/mol. The Labute approximate surface area is 137 Å². The summed E-state index contributed by atoms with van der Waals surface area (Å²) in [7, 11) is 2.11. The number of thiophene rings is 1. The fraction of sp³-hybridized carbons (Fsp3) is 0.312. The van der Waals surface area contributed by atoms with Crippen LogP contribution in [-0.2, 0) is 6.54 Å². The molecule has 0 amide bonds. The second-order valence-electron chi connectivity index (χ2n) is 4.78. The Balaban J connectivity index is 1.71. The predicted octanol–water partition coefficient (Wildman–Crippen LogP) is 4.28. The highest BCUT2D eigenvalue weighted by atomic mass is 79.9. The summed E-state index contributed by atoms with van der Waals surface area (Å²) >= 11 is 5.23. The van der Waals surface area contributed by atoms with E-state index in [0.717, 1.165) is 24.0 Å². The van der Waals surface area contributed by atoms with Gasteiger partial charge in [0.1, 0.15) is 11.8 Å². The van der Waals surface area contributed by atoms with Gasteiger partial charge < -0.3 is 9.64 Å². The van der Waals surface area contributed by atoms with E-state index in [9.17, 15) is 0 Å². The fourth-order valence-electron chi connectivity index (χ4n) is 1.98. The van der Waals surface area contributed by atoms with Crippen molar-refractivity contribution in [3.63, 3.8) is 0 Å². The van der Waals surface area contributed by atoms with Crippen molar-refractivity contribution >= 4 is 27.3 Å². The van der Waals surface area contributed by atoms with Crippen LogP contribution in [0.2, 0.25) is 0 Å². The molecule has 0 radical (unpaired) electrons. The molecule has 0 saturated heterocycles. The molecular weight excluding hydrogens is 348 g/mol. The zero-order chi connectivity index (χ0) is 15.1. The highest BCUT2D eigenvalue weighted by molar-refractivity contribution is 9.10. The normalized spacial score (nSPS) is 10.6. The van der Waals surface area contributed by atoms with Crippen molar-refractivity contribution in [2.75, 3.05) is 20.2 Å². The molecule has 1 aromatic heterocycles. The zero-order valence-electron chi connectivity index (χ0n) is 11.9. The largest absolute Gasteiger partial charge is 0.492 e.